The first-order valence-corrected chi connectivity index (χ1v) is 7.66. The quantitative estimate of drug-likeness (QED) is 0.792. The zero-order valence-electron chi connectivity index (χ0n) is 12.1. The van der Waals surface area contributed by atoms with E-state index in [2.05, 4.69) is 37.9 Å². The molecule has 2 heteroatoms. The molecule has 0 aromatic carbocycles. The highest BCUT2D eigenvalue weighted by Gasteiger charge is 2.38. The van der Waals surface area contributed by atoms with Crippen molar-refractivity contribution < 1.29 is 0 Å². The van der Waals surface area contributed by atoms with Gasteiger partial charge in [0.15, 0.2) is 0 Å². The largest absolute Gasteiger partial charge is 0.311 e. The van der Waals surface area contributed by atoms with Gasteiger partial charge in [0.05, 0.1) is 0 Å². The lowest BCUT2D eigenvalue weighted by molar-refractivity contribution is 0.0495. The summed E-state index contributed by atoms with van der Waals surface area (Å²) in [7, 11) is 0. The molecule has 1 saturated carbocycles. The average molecular weight is 238 g/mol. The van der Waals surface area contributed by atoms with E-state index in [-0.39, 0.29) is 0 Å². The van der Waals surface area contributed by atoms with Gasteiger partial charge in [-0.05, 0) is 37.5 Å². The fourth-order valence-electron chi connectivity index (χ4n) is 3.53. The van der Waals surface area contributed by atoms with E-state index in [1.807, 2.05) is 0 Å². The van der Waals surface area contributed by atoms with E-state index < -0.39 is 0 Å². The minimum atomic E-state index is 0.761. The second-order valence-electron chi connectivity index (χ2n) is 6.33. The average Bonchev–Trinajstić information content (AvgIpc) is 3.13. The summed E-state index contributed by atoms with van der Waals surface area (Å²) in [5.74, 6) is 1.77. The van der Waals surface area contributed by atoms with Gasteiger partial charge in [-0.1, -0.05) is 27.7 Å². The van der Waals surface area contributed by atoms with Crippen LogP contribution in [0.4, 0.5) is 0 Å². The zero-order chi connectivity index (χ0) is 12.4. The monoisotopic (exact) mass is 238 g/mol. The Hall–Kier alpha value is -0.0800. The predicted molar refractivity (Wildman–Crippen MR) is 74.2 cm³/mol. The molecule has 1 aliphatic carbocycles. The van der Waals surface area contributed by atoms with Crippen molar-refractivity contribution in [2.24, 2.45) is 11.8 Å². The first-order valence-electron chi connectivity index (χ1n) is 7.66. The normalized spacial score (nSPS) is 33.0. The summed E-state index contributed by atoms with van der Waals surface area (Å²) in [4.78, 5) is 2.82. The van der Waals surface area contributed by atoms with Crippen LogP contribution in [0.25, 0.3) is 0 Å². The van der Waals surface area contributed by atoms with E-state index in [1.165, 1.54) is 38.8 Å². The number of hydrogen-bond acceptors (Lipinski definition) is 2. The van der Waals surface area contributed by atoms with Crippen LogP contribution in [0.1, 0.15) is 53.4 Å². The highest BCUT2D eigenvalue weighted by atomic mass is 15.3. The Morgan fingerprint density at radius 1 is 1.24 bits per heavy atom. The molecule has 2 fully saturated rings. The highest BCUT2D eigenvalue weighted by molar-refractivity contribution is 4.96. The third-order valence-electron chi connectivity index (χ3n) is 4.77. The Balaban J connectivity index is 2.02. The lowest BCUT2D eigenvalue weighted by Crippen LogP contribution is -2.60. The molecule has 0 aromatic rings. The molecular formula is C15H30N2. The van der Waals surface area contributed by atoms with Crippen LogP contribution in [-0.4, -0.2) is 36.1 Å². The fraction of sp³-hybridized carbons (Fsp3) is 1.00. The molecule has 100 valence electrons. The number of piperazine rings is 1. The van der Waals surface area contributed by atoms with Gasteiger partial charge in [-0.15, -0.1) is 0 Å². The molecule has 2 rings (SSSR count). The maximum absolute atomic E-state index is 3.79. The molecular weight excluding hydrogens is 208 g/mol. The van der Waals surface area contributed by atoms with Crippen molar-refractivity contribution >= 4 is 0 Å². The third kappa shape index (κ3) is 3.03. The molecule has 1 aliphatic heterocycles. The summed E-state index contributed by atoms with van der Waals surface area (Å²) in [5.41, 5.74) is 0. The topological polar surface area (TPSA) is 15.3 Å². The standard InChI is InChI=1S/C15H30N2/c1-5-13-9-16-14(12-7-8-12)10-17(13)15(6-2)11(3)4/h11-16H,5-10H2,1-4H3. The summed E-state index contributed by atoms with van der Waals surface area (Å²) in [6.45, 7) is 12.0. The SMILES string of the molecule is CCC1CNC(C2CC2)CN1C(CC)C(C)C. The van der Waals surface area contributed by atoms with Crippen molar-refractivity contribution in [2.45, 2.75) is 71.5 Å². The number of rotatable bonds is 5. The van der Waals surface area contributed by atoms with E-state index in [0.717, 1.165) is 30.0 Å². The second-order valence-corrected chi connectivity index (χ2v) is 6.33. The van der Waals surface area contributed by atoms with Gasteiger partial charge in [0.25, 0.3) is 0 Å². The minimum absolute atomic E-state index is 0.761. The lowest BCUT2D eigenvalue weighted by atomic mass is 9.94. The molecule has 0 radical (unpaired) electrons. The Morgan fingerprint density at radius 2 is 1.94 bits per heavy atom. The molecule has 1 heterocycles. The molecule has 17 heavy (non-hydrogen) atoms. The van der Waals surface area contributed by atoms with Crippen molar-refractivity contribution in [3.8, 4) is 0 Å². The van der Waals surface area contributed by atoms with Crippen molar-refractivity contribution in [1.29, 1.82) is 0 Å². The van der Waals surface area contributed by atoms with Crippen molar-refractivity contribution in [2.75, 3.05) is 13.1 Å². The van der Waals surface area contributed by atoms with Gasteiger partial charge >= 0.3 is 0 Å². The fourth-order valence-corrected chi connectivity index (χ4v) is 3.53. The van der Waals surface area contributed by atoms with Crippen molar-refractivity contribution in [3.05, 3.63) is 0 Å². The van der Waals surface area contributed by atoms with Crippen LogP contribution >= 0.6 is 0 Å². The first-order chi connectivity index (χ1) is 8.17. The smallest absolute Gasteiger partial charge is 0.0224 e. The molecule has 1 N–H and O–H groups in total. The Kier molecular flexibility index (Phi) is 4.48. The van der Waals surface area contributed by atoms with Crippen LogP contribution in [0.3, 0.4) is 0 Å². The maximum atomic E-state index is 3.79. The van der Waals surface area contributed by atoms with Crippen LogP contribution in [-0.2, 0) is 0 Å². The lowest BCUT2D eigenvalue weighted by Gasteiger charge is -2.46. The molecule has 0 aromatic heterocycles. The van der Waals surface area contributed by atoms with Crippen LogP contribution in [0.15, 0.2) is 0 Å². The number of nitrogens with one attached hydrogen (secondary N) is 1. The summed E-state index contributed by atoms with van der Waals surface area (Å²) in [5, 5.41) is 3.79. The summed E-state index contributed by atoms with van der Waals surface area (Å²) >= 11 is 0. The number of hydrogen-bond donors (Lipinski definition) is 1. The van der Waals surface area contributed by atoms with Crippen molar-refractivity contribution in [3.63, 3.8) is 0 Å². The molecule has 3 unspecified atom stereocenters. The van der Waals surface area contributed by atoms with E-state index >= 15 is 0 Å². The molecule has 0 bridgehead atoms. The molecule has 0 amide bonds. The molecule has 2 aliphatic rings. The molecule has 0 spiro atoms. The Bertz CT molecular complexity index is 235. The van der Waals surface area contributed by atoms with E-state index in [1.54, 1.807) is 0 Å². The van der Waals surface area contributed by atoms with Gasteiger partial charge < -0.3 is 5.32 Å². The van der Waals surface area contributed by atoms with Crippen LogP contribution < -0.4 is 5.32 Å². The summed E-state index contributed by atoms with van der Waals surface area (Å²) in [6, 6.07) is 2.33. The predicted octanol–water partition coefficient (Wildman–Crippen LogP) is 2.88. The van der Waals surface area contributed by atoms with E-state index in [4.69, 9.17) is 0 Å². The Labute approximate surface area is 107 Å². The van der Waals surface area contributed by atoms with E-state index in [0.29, 0.717) is 0 Å². The maximum Gasteiger partial charge on any atom is 0.0224 e. The Morgan fingerprint density at radius 3 is 2.41 bits per heavy atom. The van der Waals surface area contributed by atoms with E-state index in [9.17, 15) is 0 Å². The minimum Gasteiger partial charge on any atom is -0.311 e. The first kappa shape index (κ1) is 13.4. The van der Waals surface area contributed by atoms with Gasteiger partial charge in [0, 0.05) is 31.2 Å². The highest BCUT2D eigenvalue weighted by Crippen LogP contribution is 2.35. The third-order valence-corrected chi connectivity index (χ3v) is 4.77. The van der Waals surface area contributed by atoms with Crippen LogP contribution in [0.5, 0.6) is 0 Å². The zero-order valence-corrected chi connectivity index (χ0v) is 12.1. The van der Waals surface area contributed by atoms with Crippen LogP contribution in [0, 0.1) is 11.8 Å². The van der Waals surface area contributed by atoms with Crippen LogP contribution in [0.2, 0.25) is 0 Å². The molecule has 3 atom stereocenters. The second kappa shape index (κ2) is 5.71. The summed E-state index contributed by atoms with van der Waals surface area (Å²) in [6.07, 6.45) is 5.50. The van der Waals surface area contributed by atoms with Gasteiger partial charge in [-0.25, -0.2) is 0 Å². The number of nitrogens with zero attached hydrogens (tertiary/aromatic N) is 1. The van der Waals surface area contributed by atoms with Gasteiger partial charge in [0.2, 0.25) is 0 Å². The van der Waals surface area contributed by atoms with Crippen molar-refractivity contribution in [1.82, 2.24) is 10.2 Å². The van der Waals surface area contributed by atoms with Gasteiger partial charge in [-0.2, -0.15) is 0 Å². The molecule has 1 saturated heterocycles. The van der Waals surface area contributed by atoms with Gasteiger partial charge in [0.1, 0.15) is 0 Å². The van der Waals surface area contributed by atoms with Gasteiger partial charge in [-0.3, -0.25) is 4.90 Å². The molecule has 2 nitrogen and oxygen atoms in total. The summed E-state index contributed by atoms with van der Waals surface area (Å²) < 4.78 is 0.